The largest absolute Gasteiger partial charge is 0.357 e. The van der Waals surface area contributed by atoms with Gasteiger partial charge in [-0.1, -0.05) is 59.4 Å². The molecule has 5 nitrogen and oxygen atoms in total. The molecule has 246 valence electrons. The predicted octanol–water partition coefficient (Wildman–Crippen LogP) is 11.0. The number of hydrogen-bond acceptors (Lipinski definition) is 2. The van der Waals surface area contributed by atoms with E-state index in [1.165, 1.54) is 0 Å². The van der Waals surface area contributed by atoms with E-state index in [-0.39, 0.29) is 32.2 Å². The van der Waals surface area contributed by atoms with Crippen LogP contribution in [0.2, 0.25) is 0 Å². The molecule has 0 aliphatic carbocycles. The van der Waals surface area contributed by atoms with Crippen LogP contribution in [0.15, 0.2) is 122 Å². The van der Waals surface area contributed by atoms with Crippen LogP contribution >= 0.6 is 0 Å². The monoisotopic (exact) mass is 822 g/mol. The van der Waals surface area contributed by atoms with E-state index in [1.807, 2.05) is 22.8 Å². The fourth-order valence-electron chi connectivity index (χ4n) is 6.87. The molecule has 0 fully saturated rings. The molecule has 3 heterocycles. The molecule has 0 saturated heterocycles. The molecule has 8 rings (SSSR count). The van der Waals surface area contributed by atoms with Crippen molar-refractivity contribution < 1.29 is 25.2 Å². The van der Waals surface area contributed by atoms with Gasteiger partial charge in [-0.25, -0.2) is 14.1 Å². The quantitative estimate of drug-likeness (QED) is 0.162. The van der Waals surface area contributed by atoms with Crippen LogP contribution < -0.4 is 4.90 Å². The van der Waals surface area contributed by atoms with Crippen LogP contribution in [-0.2, 0) is 26.6 Å². The van der Waals surface area contributed by atoms with Crippen molar-refractivity contribution in [3.05, 3.63) is 151 Å². The molecule has 0 saturated carbocycles. The first-order valence-corrected chi connectivity index (χ1v) is 16.2. The van der Waals surface area contributed by atoms with Crippen LogP contribution in [0.3, 0.4) is 0 Å². The maximum absolute atomic E-state index is 8.07. The number of nitrogens with zero attached hydrogens (tertiary/aromatic N) is 5. The molecule has 0 radical (unpaired) electrons. The first kappa shape index (κ1) is 29.0. The Morgan fingerprint density at radius 1 is 0.735 bits per heavy atom. The van der Waals surface area contributed by atoms with Crippen LogP contribution in [0.5, 0.6) is 0 Å². The molecule has 0 N–H and O–H groups in total. The summed E-state index contributed by atoms with van der Waals surface area (Å²) in [6, 6.07) is 44.2. The zero-order valence-electron chi connectivity index (χ0n) is 31.1. The van der Waals surface area contributed by atoms with Gasteiger partial charge in [-0.2, -0.15) is 12.1 Å². The topological polar surface area (TPSA) is 30.9 Å². The number of hydrogen-bond donors (Lipinski definition) is 0. The number of fused-ring (bicyclic) bond motifs is 4. The SMILES string of the molecule is [2H]C([2H])([2H])c1ccnc(-n2c3[c-]c(N(c4[c-]c(-n5[cH+]n(C(C)(C)C)c6ccccc65)ccc4)c4c(C)cccc4C)ccc3c3ccccc32)c1.[Pt]. The zero-order valence-corrected chi connectivity index (χ0v) is 30.4. The Labute approximate surface area is 306 Å². The van der Waals surface area contributed by atoms with E-state index in [2.05, 4.69) is 151 Å². The summed E-state index contributed by atoms with van der Waals surface area (Å²) in [4.78, 5) is 6.90. The summed E-state index contributed by atoms with van der Waals surface area (Å²) in [7, 11) is 0. The van der Waals surface area contributed by atoms with Gasteiger partial charge in [-0.15, -0.1) is 29.7 Å². The van der Waals surface area contributed by atoms with E-state index in [1.54, 1.807) is 18.3 Å². The second kappa shape index (κ2) is 12.5. The minimum atomic E-state index is -2.26. The van der Waals surface area contributed by atoms with E-state index in [4.69, 9.17) is 4.11 Å². The van der Waals surface area contributed by atoms with Gasteiger partial charge in [-0.05, 0) is 93.9 Å². The van der Waals surface area contributed by atoms with Crippen molar-refractivity contribution in [3.8, 4) is 11.5 Å². The summed E-state index contributed by atoms with van der Waals surface area (Å²) in [5, 5.41) is 2.04. The van der Waals surface area contributed by atoms with Gasteiger partial charge in [0.2, 0.25) is 0 Å². The third kappa shape index (κ3) is 5.56. The number of rotatable bonds is 5. The maximum atomic E-state index is 8.07. The first-order chi connectivity index (χ1) is 24.4. The molecule has 0 atom stereocenters. The van der Waals surface area contributed by atoms with Crippen LogP contribution in [0.4, 0.5) is 17.1 Å². The van der Waals surface area contributed by atoms with Crippen molar-refractivity contribution in [2.24, 2.45) is 0 Å². The molecule has 0 aliphatic heterocycles. The molecule has 6 heteroatoms. The van der Waals surface area contributed by atoms with Crippen molar-refractivity contribution in [3.63, 3.8) is 0 Å². The van der Waals surface area contributed by atoms with Gasteiger partial charge in [0.15, 0.2) is 17.4 Å². The number of aryl methyl sites for hydroxylation is 3. The van der Waals surface area contributed by atoms with Gasteiger partial charge in [-0.3, -0.25) is 0 Å². The van der Waals surface area contributed by atoms with Crippen molar-refractivity contribution in [1.82, 2.24) is 18.7 Å². The van der Waals surface area contributed by atoms with Gasteiger partial charge < -0.3 is 9.47 Å². The molecule has 0 unspecified atom stereocenters. The number of imidazole rings is 1. The second-order valence-corrected chi connectivity index (χ2v) is 13.4. The Morgan fingerprint density at radius 2 is 1.43 bits per heavy atom. The van der Waals surface area contributed by atoms with Crippen molar-refractivity contribution in [2.75, 3.05) is 4.90 Å². The van der Waals surface area contributed by atoms with Gasteiger partial charge in [0.1, 0.15) is 5.82 Å². The molecule has 0 aliphatic rings. The Kier molecular flexibility index (Phi) is 7.37. The normalized spacial score (nSPS) is 12.9. The predicted molar refractivity (Wildman–Crippen MR) is 199 cm³/mol. The van der Waals surface area contributed by atoms with E-state index in [0.29, 0.717) is 5.82 Å². The van der Waals surface area contributed by atoms with Crippen LogP contribution in [0.25, 0.3) is 44.3 Å². The maximum Gasteiger partial charge on any atom is 0.188 e. The third-order valence-corrected chi connectivity index (χ3v) is 9.07. The molecular weight excluding hydrogens is 782 g/mol. The molecule has 5 aromatic carbocycles. The van der Waals surface area contributed by atoms with E-state index < -0.39 is 6.85 Å². The van der Waals surface area contributed by atoms with Crippen molar-refractivity contribution in [1.29, 1.82) is 0 Å². The number of para-hydroxylation sites is 4. The molecule has 0 amide bonds. The zero-order chi connectivity index (χ0) is 35.7. The number of anilines is 3. The summed E-state index contributed by atoms with van der Waals surface area (Å²) in [5.41, 5.74) is 10.0. The second-order valence-electron chi connectivity index (χ2n) is 13.4. The van der Waals surface area contributed by atoms with Gasteiger partial charge in [0, 0.05) is 60.4 Å². The van der Waals surface area contributed by atoms with Crippen molar-refractivity contribution in [2.45, 2.75) is 47.0 Å². The van der Waals surface area contributed by atoms with Crippen LogP contribution in [0, 0.1) is 32.8 Å². The Hall–Kier alpha value is -4.99. The molecule has 8 aromatic rings. The van der Waals surface area contributed by atoms with E-state index in [0.717, 1.165) is 66.7 Å². The Balaban J connectivity index is 0.00000420. The smallest absolute Gasteiger partial charge is 0.188 e. The van der Waals surface area contributed by atoms with Gasteiger partial charge >= 0.3 is 0 Å². The minimum Gasteiger partial charge on any atom is -0.357 e. The molecule has 49 heavy (non-hydrogen) atoms. The third-order valence-electron chi connectivity index (χ3n) is 9.07. The Morgan fingerprint density at radius 3 is 2.18 bits per heavy atom. The average Bonchev–Trinajstić information content (AvgIpc) is 3.66. The molecule has 3 aromatic heterocycles. The average molecular weight is 823 g/mol. The van der Waals surface area contributed by atoms with Crippen LogP contribution in [0.1, 0.15) is 41.6 Å². The summed E-state index contributed by atoms with van der Waals surface area (Å²) < 4.78 is 30.8. The minimum absolute atomic E-state index is 0. The van der Waals surface area contributed by atoms with E-state index in [9.17, 15) is 0 Å². The molecule has 0 spiro atoms. The summed E-state index contributed by atoms with van der Waals surface area (Å²) in [6.45, 7) is 8.64. The molecular formula is C43H38N5Pt-. The summed E-state index contributed by atoms with van der Waals surface area (Å²) in [5.74, 6) is 0.530. The Bertz CT molecular complexity index is 2590. The number of aromatic nitrogens is 4. The fourth-order valence-corrected chi connectivity index (χ4v) is 6.87. The summed E-state index contributed by atoms with van der Waals surface area (Å²) >= 11 is 0. The molecule has 0 bridgehead atoms. The number of benzene rings is 5. The van der Waals surface area contributed by atoms with E-state index >= 15 is 0 Å². The first-order valence-electron chi connectivity index (χ1n) is 17.7. The standard InChI is InChI=1S/C43H38N5.Pt/c1-29-23-24-44-41(25-29)48-37-18-8-7-17-35(37)36-22-21-34(27-40(36)48)47(42-30(2)13-11-14-31(42)3)33-16-12-15-32(26-33)45-28-46(43(4,5)6)39-20-10-9-19-38(39)45;/h7-25,28H,1-6H3;/q-1;/i1D3;. The van der Waals surface area contributed by atoms with Crippen LogP contribution in [-0.4, -0.2) is 18.7 Å². The number of pyridine rings is 1. The van der Waals surface area contributed by atoms with Crippen molar-refractivity contribution >= 4 is 49.9 Å². The summed E-state index contributed by atoms with van der Waals surface area (Å²) in [6.07, 6.45) is 3.74. The fraction of sp³-hybridized carbons (Fsp3) is 0.163. The van der Waals surface area contributed by atoms with Gasteiger partial charge in [0.05, 0.1) is 5.54 Å². The van der Waals surface area contributed by atoms with Gasteiger partial charge in [0.25, 0.3) is 0 Å².